The van der Waals surface area contributed by atoms with Gasteiger partial charge in [0.1, 0.15) is 7.38 Å². The molecule has 7 heteroatoms. The summed E-state index contributed by atoms with van der Waals surface area (Å²) in [5.41, 5.74) is 2.14. The van der Waals surface area contributed by atoms with Crippen molar-refractivity contribution in [3.05, 3.63) is 108 Å². The van der Waals surface area contributed by atoms with Crippen LogP contribution in [0.2, 0.25) is 62.7 Å². The Bertz CT molecular complexity index is 998. The van der Waals surface area contributed by atoms with E-state index in [0.717, 1.165) is 17.5 Å². The molecule has 1 aliphatic rings. The van der Waals surface area contributed by atoms with Crippen LogP contribution in [0.3, 0.4) is 0 Å². The molecule has 2 atom stereocenters. The SMILES string of the molecule is CCCC([Si](C)(C)Cl)[Si](C)(C)C1=[C-]CC=C1[Si](C)(C)C(CCC)[Si](C)(C)Cl.[CH2-]c1ccccc1.[CH2-]c1ccccc1.[Zr+3]. The Morgan fingerprint density at radius 3 is 1.31 bits per heavy atom. The minimum absolute atomic E-state index is 0. The summed E-state index contributed by atoms with van der Waals surface area (Å²) in [6, 6.07) is 19.7. The molecular weight excluding hydrogens is 695 g/mol. The Kier molecular flexibility index (Phi) is 18.8. The summed E-state index contributed by atoms with van der Waals surface area (Å²) in [4.78, 5) is 0. The molecule has 231 valence electrons. The molecule has 42 heavy (non-hydrogen) atoms. The van der Waals surface area contributed by atoms with Crippen molar-refractivity contribution in [3.63, 3.8) is 0 Å². The van der Waals surface area contributed by atoms with Gasteiger partial charge < -0.3 is 0 Å². The first kappa shape index (κ1) is 42.0. The number of halogens is 2. The van der Waals surface area contributed by atoms with Gasteiger partial charge in [-0.25, -0.2) is 10.4 Å². The molecule has 0 aliphatic heterocycles. The van der Waals surface area contributed by atoms with E-state index in [2.05, 4.69) is 92.2 Å². The molecule has 0 N–H and O–H groups in total. The minimum atomic E-state index is -1.73. The van der Waals surface area contributed by atoms with Crippen molar-refractivity contribution in [2.45, 2.75) is 109 Å². The summed E-state index contributed by atoms with van der Waals surface area (Å²) in [6.45, 7) is 31.9. The van der Waals surface area contributed by atoms with Gasteiger partial charge in [-0.05, 0) is 18.4 Å². The Labute approximate surface area is 293 Å². The van der Waals surface area contributed by atoms with Crippen molar-refractivity contribution in [1.82, 2.24) is 0 Å². The Morgan fingerprint density at radius 2 is 1.02 bits per heavy atom. The maximum absolute atomic E-state index is 7.10. The Balaban J connectivity index is 0.000000902. The van der Waals surface area contributed by atoms with Gasteiger partial charge in [-0.2, -0.15) is 77.5 Å². The van der Waals surface area contributed by atoms with E-state index in [9.17, 15) is 0 Å². The zero-order valence-corrected chi connectivity index (χ0v) is 36.2. The molecule has 0 fully saturated rings. The van der Waals surface area contributed by atoms with Crippen LogP contribution in [0.5, 0.6) is 0 Å². The molecule has 3 rings (SSSR count). The maximum Gasteiger partial charge on any atom is 3.00 e. The Morgan fingerprint density at radius 1 is 0.667 bits per heavy atom. The molecule has 1 radical (unpaired) electrons. The van der Waals surface area contributed by atoms with Crippen LogP contribution in [0.15, 0.2) is 77.1 Å². The molecule has 2 unspecified atom stereocenters. The van der Waals surface area contributed by atoms with Gasteiger partial charge >= 0.3 is 26.2 Å². The van der Waals surface area contributed by atoms with Crippen LogP contribution in [0, 0.1) is 19.9 Å². The van der Waals surface area contributed by atoms with E-state index in [1.165, 1.54) is 25.7 Å². The summed E-state index contributed by atoms with van der Waals surface area (Å²) in [5.74, 6) is 0. The third-order valence-corrected chi connectivity index (χ3v) is 31.6. The number of rotatable bonds is 10. The largest absolute Gasteiger partial charge is 3.00 e. The molecule has 2 aromatic carbocycles. The van der Waals surface area contributed by atoms with Gasteiger partial charge in [0.15, 0.2) is 7.38 Å². The van der Waals surface area contributed by atoms with Crippen molar-refractivity contribution < 1.29 is 26.2 Å². The van der Waals surface area contributed by atoms with E-state index in [-0.39, 0.29) is 26.2 Å². The monoisotopic (exact) mass is 749 g/mol. The second-order valence-electron chi connectivity index (χ2n) is 13.6. The van der Waals surface area contributed by atoms with Gasteiger partial charge in [-0.1, -0.05) is 104 Å². The molecule has 0 saturated carbocycles. The third kappa shape index (κ3) is 13.2. The molecule has 0 aromatic heterocycles. The fraction of sp³-hybridized carbons (Fsp3) is 0.486. The zero-order chi connectivity index (χ0) is 31.5. The van der Waals surface area contributed by atoms with E-state index in [1.54, 1.807) is 10.4 Å². The first-order valence-corrected chi connectivity index (χ1v) is 29.7. The van der Waals surface area contributed by atoms with Crippen LogP contribution < -0.4 is 0 Å². The fourth-order valence-electron chi connectivity index (χ4n) is 6.63. The second kappa shape index (κ2) is 18.8. The maximum atomic E-state index is 7.10. The summed E-state index contributed by atoms with van der Waals surface area (Å²) >= 11 is 14.2. The Hall–Kier alpha value is -0.00935. The second-order valence-corrected chi connectivity index (χ2v) is 37.6. The average Bonchev–Trinajstić information content (AvgIpc) is 3.38. The number of hydrogen-bond acceptors (Lipinski definition) is 0. The van der Waals surface area contributed by atoms with Crippen molar-refractivity contribution in [1.29, 1.82) is 0 Å². The van der Waals surface area contributed by atoms with Gasteiger partial charge in [0.2, 0.25) is 0 Å². The van der Waals surface area contributed by atoms with E-state index < -0.39 is 30.9 Å². The molecule has 0 heterocycles. The molecule has 0 amide bonds. The number of benzene rings is 2. The van der Waals surface area contributed by atoms with Gasteiger partial charge in [0, 0.05) is 8.07 Å². The van der Waals surface area contributed by atoms with Crippen molar-refractivity contribution in [2.75, 3.05) is 0 Å². The van der Waals surface area contributed by atoms with Crippen molar-refractivity contribution in [3.8, 4) is 0 Å². The van der Waals surface area contributed by atoms with Crippen LogP contribution in [0.1, 0.15) is 57.1 Å². The number of hydrogen-bond donors (Lipinski definition) is 0. The smallest absolute Gasteiger partial charge is 0.273 e. The van der Waals surface area contributed by atoms with Gasteiger partial charge in [0.25, 0.3) is 0 Å². The molecule has 2 aromatic rings. The fourth-order valence-corrected chi connectivity index (χ4v) is 36.2. The summed E-state index contributed by atoms with van der Waals surface area (Å²) in [7, 11) is -6.80. The standard InChI is InChI=1S/C21H43Cl2Si4.2C7H7.Zr/c1-11-14-20(26(7,8)22)24(3,4)18-16-13-17-19(18)25(5,6)21(15-12-2)27(9,10)23;2*1-7-5-3-2-4-6-7;/h16,20-21H,11-15H2,1-10H3;2*2-6H,1H2;/q3*-1;+3. The van der Waals surface area contributed by atoms with Gasteiger partial charge in [0.05, 0.1) is 0 Å². The predicted molar refractivity (Wildman–Crippen MR) is 200 cm³/mol. The van der Waals surface area contributed by atoms with Crippen LogP contribution in [0.4, 0.5) is 0 Å². The molecular formula is C35H57Cl2Si4Zr. The molecule has 0 bridgehead atoms. The van der Waals surface area contributed by atoms with E-state index in [4.69, 9.17) is 22.2 Å². The normalized spacial score (nSPS) is 15.0. The van der Waals surface area contributed by atoms with Crippen molar-refractivity contribution >= 4 is 53.1 Å². The number of allylic oxidation sites excluding steroid dienone is 4. The van der Waals surface area contributed by atoms with E-state index >= 15 is 0 Å². The molecule has 0 nitrogen and oxygen atoms in total. The van der Waals surface area contributed by atoms with Crippen LogP contribution in [0.25, 0.3) is 0 Å². The third-order valence-electron chi connectivity index (χ3n) is 8.43. The summed E-state index contributed by atoms with van der Waals surface area (Å²) in [5, 5.41) is 4.76. The zero-order valence-electron chi connectivity index (χ0n) is 28.2. The first-order valence-electron chi connectivity index (χ1n) is 15.3. The van der Waals surface area contributed by atoms with Crippen molar-refractivity contribution in [2.24, 2.45) is 0 Å². The molecule has 0 saturated heterocycles. The summed E-state index contributed by atoms with van der Waals surface area (Å²) < 4.78 is 0. The van der Waals surface area contributed by atoms with Crippen LogP contribution in [-0.2, 0) is 26.2 Å². The average molecular weight is 752 g/mol. The minimum Gasteiger partial charge on any atom is -0.273 e. The molecule has 1 aliphatic carbocycles. The first-order chi connectivity index (χ1) is 18.9. The van der Waals surface area contributed by atoms with Crippen LogP contribution in [-0.4, -0.2) is 30.9 Å². The summed E-state index contributed by atoms with van der Waals surface area (Å²) in [6.07, 6.45) is 12.4. The van der Waals surface area contributed by atoms with E-state index in [0.29, 0.717) is 10.3 Å². The van der Waals surface area contributed by atoms with Gasteiger partial charge in [-0.3, -0.25) is 6.08 Å². The molecule has 0 spiro atoms. The predicted octanol–water partition coefficient (Wildman–Crippen LogP) is 12.6. The van der Waals surface area contributed by atoms with E-state index in [1.807, 2.05) is 60.7 Å². The van der Waals surface area contributed by atoms with Gasteiger partial charge in [-0.15, -0.1) is 30.7 Å². The van der Waals surface area contributed by atoms with Crippen LogP contribution >= 0.6 is 22.2 Å². The topological polar surface area (TPSA) is 0 Å². The quantitative estimate of drug-likeness (QED) is 0.129.